The lowest BCUT2D eigenvalue weighted by Crippen LogP contribution is -2.20. The number of hydrogen-bond acceptors (Lipinski definition) is 7. The molecule has 3 N–H and O–H groups in total. The molecule has 0 unspecified atom stereocenters. The fourth-order valence-electron chi connectivity index (χ4n) is 2.28. The summed E-state index contributed by atoms with van der Waals surface area (Å²) in [6.07, 6.45) is 0. The molecule has 0 aliphatic carbocycles. The third-order valence-corrected chi connectivity index (χ3v) is 4.31. The number of fused-ring (bicyclic) bond motifs is 1. The summed E-state index contributed by atoms with van der Waals surface area (Å²) in [6.45, 7) is 1.79. The topological polar surface area (TPSA) is 131 Å². The standard InChI is InChI=1S/C12H9N5O3S/c1-5-9-10(7-2-3-8(21-7)17(18)19)6(4-13)11(14)20-12(9)16-15-5/h2-3,10H,14H2,1H3,(H,15,16)/t10-/m1/s1. The number of aryl methyl sites for hydroxylation is 1. The van der Waals surface area contributed by atoms with Crippen LogP contribution in [0.2, 0.25) is 0 Å². The van der Waals surface area contributed by atoms with Gasteiger partial charge in [-0.1, -0.05) is 11.3 Å². The predicted octanol–water partition coefficient (Wildman–Crippen LogP) is 1.91. The molecule has 1 aliphatic rings. The highest BCUT2D eigenvalue weighted by Crippen LogP contribution is 2.45. The summed E-state index contributed by atoms with van der Waals surface area (Å²) in [5.74, 6) is -0.237. The zero-order valence-corrected chi connectivity index (χ0v) is 11.6. The van der Waals surface area contributed by atoms with Crippen LogP contribution in [0.5, 0.6) is 5.88 Å². The van der Waals surface area contributed by atoms with Gasteiger partial charge >= 0.3 is 5.00 Å². The van der Waals surface area contributed by atoms with Crippen molar-refractivity contribution in [2.45, 2.75) is 12.8 Å². The van der Waals surface area contributed by atoms with Crippen LogP contribution < -0.4 is 10.5 Å². The van der Waals surface area contributed by atoms with Crippen molar-refractivity contribution in [3.8, 4) is 11.9 Å². The van der Waals surface area contributed by atoms with Gasteiger partial charge in [0.1, 0.15) is 11.6 Å². The number of rotatable bonds is 2. The number of H-pyrrole nitrogens is 1. The van der Waals surface area contributed by atoms with Crippen LogP contribution in [0.25, 0.3) is 0 Å². The van der Waals surface area contributed by atoms with Crippen molar-refractivity contribution in [3.63, 3.8) is 0 Å². The Morgan fingerprint density at radius 3 is 3.00 bits per heavy atom. The zero-order valence-electron chi connectivity index (χ0n) is 10.8. The number of ether oxygens (including phenoxy) is 1. The van der Waals surface area contributed by atoms with Crippen molar-refractivity contribution in [1.29, 1.82) is 5.26 Å². The number of aromatic nitrogens is 2. The molecule has 2 aromatic heterocycles. The molecule has 1 atom stereocenters. The molecule has 2 aromatic rings. The minimum absolute atomic E-state index is 0.00931. The van der Waals surface area contributed by atoms with E-state index in [4.69, 9.17) is 10.5 Å². The summed E-state index contributed by atoms with van der Waals surface area (Å²) in [7, 11) is 0. The van der Waals surface area contributed by atoms with Gasteiger partial charge in [-0.15, -0.1) is 5.10 Å². The number of nitriles is 1. The maximum absolute atomic E-state index is 10.8. The van der Waals surface area contributed by atoms with Crippen LogP contribution >= 0.6 is 11.3 Å². The average Bonchev–Trinajstić information content (AvgIpc) is 3.05. The highest BCUT2D eigenvalue weighted by Gasteiger charge is 2.35. The van der Waals surface area contributed by atoms with Gasteiger partial charge < -0.3 is 10.5 Å². The number of thiophene rings is 1. The van der Waals surface area contributed by atoms with Crippen molar-refractivity contribution >= 4 is 16.3 Å². The van der Waals surface area contributed by atoms with E-state index in [1.807, 2.05) is 6.07 Å². The second-order valence-electron chi connectivity index (χ2n) is 4.43. The van der Waals surface area contributed by atoms with E-state index in [2.05, 4.69) is 10.2 Å². The smallest absolute Gasteiger partial charge is 0.324 e. The van der Waals surface area contributed by atoms with Crippen molar-refractivity contribution in [2.24, 2.45) is 5.73 Å². The maximum Gasteiger partial charge on any atom is 0.324 e. The number of aromatic amines is 1. The zero-order chi connectivity index (χ0) is 15.1. The van der Waals surface area contributed by atoms with Crippen LogP contribution in [0.1, 0.15) is 22.1 Å². The Balaban J connectivity index is 2.19. The fraction of sp³-hybridized carbons (Fsp3) is 0.167. The molecule has 9 heteroatoms. The van der Waals surface area contributed by atoms with Gasteiger partial charge in [0, 0.05) is 16.6 Å². The van der Waals surface area contributed by atoms with Gasteiger partial charge in [-0.05, 0) is 13.0 Å². The Morgan fingerprint density at radius 2 is 2.38 bits per heavy atom. The third kappa shape index (κ3) is 1.93. The Hall–Kier alpha value is -2.86. The summed E-state index contributed by atoms with van der Waals surface area (Å²) in [4.78, 5) is 11.0. The number of nitro groups is 1. The van der Waals surface area contributed by atoms with E-state index in [1.165, 1.54) is 6.07 Å². The molecular weight excluding hydrogens is 294 g/mol. The number of nitrogens with two attached hydrogens (primary N) is 1. The molecule has 106 valence electrons. The number of hydrogen-bond donors (Lipinski definition) is 2. The van der Waals surface area contributed by atoms with Crippen LogP contribution in [0.3, 0.4) is 0 Å². The largest absolute Gasteiger partial charge is 0.420 e. The molecule has 21 heavy (non-hydrogen) atoms. The van der Waals surface area contributed by atoms with Gasteiger partial charge in [0.05, 0.1) is 16.4 Å². The van der Waals surface area contributed by atoms with Crippen molar-refractivity contribution < 1.29 is 9.66 Å². The van der Waals surface area contributed by atoms with Crippen molar-refractivity contribution in [2.75, 3.05) is 0 Å². The Labute approximate surface area is 122 Å². The quantitative estimate of drug-likeness (QED) is 0.643. The van der Waals surface area contributed by atoms with Gasteiger partial charge in [0.15, 0.2) is 0 Å². The fourth-order valence-corrected chi connectivity index (χ4v) is 3.22. The van der Waals surface area contributed by atoms with Crippen LogP contribution in [-0.2, 0) is 0 Å². The second kappa shape index (κ2) is 4.60. The van der Waals surface area contributed by atoms with Gasteiger partial charge in [-0.2, -0.15) is 5.26 Å². The van der Waals surface area contributed by atoms with E-state index in [0.717, 1.165) is 17.0 Å². The highest BCUT2D eigenvalue weighted by atomic mass is 32.1. The summed E-state index contributed by atoms with van der Waals surface area (Å²) in [5, 5.41) is 27.0. The van der Waals surface area contributed by atoms with Crippen LogP contribution in [0.4, 0.5) is 5.00 Å². The normalized spacial score (nSPS) is 17.0. The minimum Gasteiger partial charge on any atom is -0.420 e. The molecule has 0 fully saturated rings. The molecule has 0 amide bonds. The molecule has 3 heterocycles. The lowest BCUT2D eigenvalue weighted by Gasteiger charge is -2.21. The monoisotopic (exact) mass is 303 g/mol. The van der Waals surface area contributed by atoms with Crippen molar-refractivity contribution in [1.82, 2.24) is 10.2 Å². The first-order chi connectivity index (χ1) is 10.0. The average molecular weight is 303 g/mol. The number of nitrogens with one attached hydrogen (secondary N) is 1. The number of nitrogens with zero attached hydrogens (tertiary/aromatic N) is 3. The van der Waals surface area contributed by atoms with Crippen LogP contribution in [0.15, 0.2) is 23.6 Å². The Morgan fingerprint density at radius 1 is 1.62 bits per heavy atom. The van der Waals surface area contributed by atoms with Gasteiger partial charge in [0.25, 0.3) is 0 Å². The molecule has 0 saturated carbocycles. The van der Waals surface area contributed by atoms with E-state index < -0.39 is 10.8 Å². The lowest BCUT2D eigenvalue weighted by atomic mass is 9.89. The molecular formula is C12H9N5O3S. The first-order valence-electron chi connectivity index (χ1n) is 5.89. The van der Waals surface area contributed by atoms with Gasteiger partial charge in [-0.25, -0.2) is 0 Å². The molecule has 0 radical (unpaired) electrons. The molecule has 3 rings (SSSR count). The van der Waals surface area contributed by atoms with Crippen molar-refractivity contribution in [3.05, 3.63) is 49.8 Å². The van der Waals surface area contributed by atoms with Gasteiger partial charge in [0.2, 0.25) is 11.8 Å². The number of allylic oxidation sites excluding steroid dienone is 1. The molecule has 8 nitrogen and oxygen atoms in total. The van der Waals surface area contributed by atoms with E-state index in [9.17, 15) is 15.4 Å². The second-order valence-corrected chi connectivity index (χ2v) is 5.52. The summed E-state index contributed by atoms with van der Waals surface area (Å²) in [6, 6.07) is 5.06. The summed E-state index contributed by atoms with van der Waals surface area (Å²) in [5.41, 5.74) is 7.39. The molecule has 1 aliphatic heterocycles. The highest BCUT2D eigenvalue weighted by molar-refractivity contribution is 7.15. The Bertz CT molecular complexity index is 813. The van der Waals surface area contributed by atoms with Gasteiger partial charge in [-0.3, -0.25) is 15.2 Å². The SMILES string of the molecule is Cc1[nH]nc2c1[C@@H](c1ccc([N+](=O)[O-])s1)C(C#N)=C(N)O2. The predicted molar refractivity (Wildman–Crippen MR) is 73.6 cm³/mol. The third-order valence-electron chi connectivity index (χ3n) is 3.21. The molecule has 0 aromatic carbocycles. The van der Waals surface area contributed by atoms with E-state index in [1.54, 1.807) is 13.0 Å². The first kappa shape index (κ1) is 13.1. The maximum atomic E-state index is 10.8. The van der Waals surface area contributed by atoms with E-state index >= 15 is 0 Å². The molecule has 0 bridgehead atoms. The molecule has 0 saturated heterocycles. The summed E-state index contributed by atoms with van der Waals surface area (Å²) >= 11 is 1.01. The van der Waals surface area contributed by atoms with E-state index in [0.29, 0.717) is 16.3 Å². The van der Waals surface area contributed by atoms with Crippen LogP contribution in [0, 0.1) is 28.4 Å². The summed E-state index contributed by atoms with van der Waals surface area (Å²) < 4.78 is 5.33. The van der Waals surface area contributed by atoms with E-state index in [-0.39, 0.29) is 16.5 Å². The lowest BCUT2D eigenvalue weighted by molar-refractivity contribution is -0.380. The first-order valence-corrected chi connectivity index (χ1v) is 6.71. The van der Waals surface area contributed by atoms with Crippen LogP contribution in [-0.4, -0.2) is 15.1 Å². The Kier molecular flexibility index (Phi) is 2.88. The molecule has 0 spiro atoms. The minimum atomic E-state index is -0.504.